The van der Waals surface area contributed by atoms with E-state index < -0.39 is 0 Å². The summed E-state index contributed by atoms with van der Waals surface area (Å²) in [5, 5.41) is 3.34. The summed E-state index contributed by atoms with van der Waals surface area (Å²) in [4.78, 5) is 15.7. The van der Waals surface area contributed by atoms with Crippen LogP contribution in [-0.2, 0) is 0 Å². The second-order valence-electron chi connectivity index (χ2n) is 4.15. The van der Waals surface area contributed by atoms with E-state index in [1.54, 1.807) is 13.3 Å². The molecular weight excluding hydrogens is 226 g/mol. The number of aromatic nitrogens is 2. The fourth-order valence-corrected chi connectivity index (χ4v) is 1.92. The number of hydrogen-bond donors (Lipinski definition) is 2. The lowest BCUT2D eigenvalue weighted by Gasteiger charge is -2.11. The first-order valence-corrected chi connectivity index (χ1v) is 6.46. The van der Waals surface area contributed by atoms with Crippen molar-refractivity contribution in [1.82, 2.24) is 15.3 Å². The summed E-state index contributed by atoms with van der Waals surface area (Å²) in [5.41, 5.74) is 0.837. The van der Waals surface area contributed by atoms with Gasteiger partial charge in [-0.05, 0) is 32.6 Å². The molecular formula is C13H23N5. The third kappa shape index (κ3) is 3.77. The molecule has 0 fully saturated rings. The second kappa shape index (κ2) is 7.76. The number of rotatable bonds is 8. The van der Waals surface area contributed by atoms with Gasteiger partial charge in [0.1, 0.15) is 11.5 Å². The van der Waals surface area contributed by atoms with E-state index in [4.69, 9.17) is 0 Å². The van der Waals surface area contributed by atoms with Crippen LogP contribution in [0.2, 0.25) is 0 Å². The van der Waals surface area contributed by atoms with Crippen molar-refractivity contribution in [3.63, 3.8) is 0 Å². The van der Waals surface area contributed by atoms with Gasteiger partial charge >= 0.3 is 0 Å². The van der Waals surface area contributed by atoms with Crippen LogP contribution in [0.15, 0.2) is 9.98 Å². The van der Waals surface area contributed by atoms with Crippen LogP contribution in [0.1, 0.15) is 44.1 Å². The lowest BCUT2D eigenvalue weighted by atomic mass is 10.0. The molecule has 5 heteroatoms. The average molecular weight is 249 g/mol. The summed E-state index contributed by atoms with van der Waals surface area (Å²) >= 11 is 0. The SMILES string of the molecule is C=Nc1nc(C(CC)CCNCC)[nH]c1C=NC. The van der Waals surface area contributed by atoms with Gasteiger partial charge in [0.2, 0.25) is 0 Å². The van der Waals surface area contributed by atoms with Gasteiger partial charge in [-0.15, -0.1) is 0 Å². The Kier molecular flexibility index (Phi) is 6.28. The zero-order chi connectivity index (χ0) is 13.4. The molecule has 1 aromatic heterocycles. The van der Waals surface area contributed by atoms with E-state index in [-0.39, 0.29) is 0 Å². The molecule has 0 saturated heterocycles. The highest BCUT2D eigenvalue weighted by molar-refractivity contribution is 5.83. The summed E-state index contributed by atoms with van der Waals surface area (Å²) in [5.74, 6) is 2.04. The fourth-order valence-electron chi connectivity index (χ4n) is 1.92. The van der Waals surface area contributed by atoms with Crippen LogP contribution < -0.4 is 5.32 Å². The maximum atomic E-state index is 4.49. The first-order chi connectivity index (χ1) is 8.76. The number of aromatic amines is 1. The molecule has 100 valence electrons. The molecule has 2 N–H and O–H groups in total. The maximum absolute atomic E-state index is 4.49. The Labute approximate surface area is 109 Å². The van der Waals surface area contributed by atoms with Crippen LogP contribution in [0.25, 0.3) is 0 Å². The van der Waals surface area contributed by atoms with Crippen LogP contribution in [0, 0.1) is 0 Å². The minimum atomic E-state index is 0.420. The quantitative estimate of drug-likeness (QED) is 0.548. The number of aliphatic imine (C=N–C) groups is 2. The number of H-pyrrole nitrogens is 1. The average Bonchev–Trinajstić information content (AvgIpc) is 2.78. The summed E-state index contributed by atoms with van der Waals surface area (Å²) in [6.45, 7) is 9.84. The molecule has 0 amide bonds. The van der Waals surface area contributed by atoms with Crippen molar-refractivity contribution in [1.29, 1.82) is 0 Å². The van der Waals surface area contributed by atoms with Crippen LogP contribution in [0.3, 0.4) is 0 Å². The van der Waals surface area contributed by atoms with Gasteiger partial charge in [-0.25, -0.2) is 9.98 Å². The normalized spacial score (nSPS) is 13.1. The lowest BCUT2D eigenvalue weighted by molar-refractivity contribution is 0.545. The fraction of sp³-hybridized carbons (Fsp3) is 0.615. The monoisotopic (exact) mass is 249 g/mol. The van der Waals surface area contributed by atoms with Crippen LogP contribution in [-0.4, -0.2) is 43.0 Å². The molecule has 1 aromatic rings. The van der Waals surface area contributed by atoms with Gasteiger partial charge in [0.05, 0.1) is 0 Å². The van der Waals surface area contributed by atoms with E-state index in [2.05, 4.69) is 45.8 Å². The maximum Gasteiger partial charge on any atom is 0.178 e. The van der Waals surface area contributed by atoms with Crippen LogP contribution in [0.4, 0.5) is 5.82 Å². The van der Waals surface area contributed by atoms with Gasteiger partial charge in [-0.3, -0.25) is 4.99 Å². The highest BCUT2D eigenvalue weighted by Crippen LogP contribution is 2.24. The van der Waals surface area contributed by atoms with Gasteiger partial charge in [-0.1, -0.05) is 13.8 Å². The van der Waals surface area contributed by atoms with E-state index >= 15 is 0 Å². The molecule has 0 aromatic carbocycles. The van der Waals surface area contributed by atoms with Gasteiger partial charge in [0, 0.05) is 19.2 Å². The Balaban J connectivity index is 2.82. The topological polar surface area (TPSA) is 65.4 Å². The van der Waals surface area contributed by atoms with Crippen molar-refractivity contribution in [2.45, 2.75) is 32.6 Å². The molecule has 18 heavy (non-hydrogen) atoms. The second-order valence-corrected chi connectivity index (χ2v) is 4.15. The first-order valence-electron chi connectivity index (χ1n) is 6.46. The summed E-state index contributed by atoms with van der Waals surface area (Å²) in [6, 6.07) is 0. The molecule has 0 aliphatic rings. The summed E-state index contributed by atoms with van der Waals surface area (Å²) < 4.78 is 0. The molecule has 0 aliphatic carbocycles. The van der Waals surface area contributed by atoms with Crippen LogP contribution >= 0.6 is 0 Å². The molecule has 1 rings (SSSR count). The van der Waals surface area contributed by atoms with Crippen molar-refractivity contribution in [2.75, 3.05) is 20.1 Å². The molecule has 1 atom stereocenters. The van der Waals surface area contributed by atoms with Gasteiger partial charge in [0.15, 0.2) is 5.82 Å². The van der Waals surface area contributed by atoms with Crippen LogP contribution in [0.5, 0.6) is 0 Å². The largest absolute Gasteiger partial charge is 0.339 e. The van der Waals surface area contributed by atoms with E-state index in [0.29, 0.717) is 11.7 Å². The number of imidazole rings is 1. The smallest absolute Gasteiger partial charge is 0.178 e. The summed E-state index contributed by atoms with van der Waals surface area (Å²) in [6.07, 6.45) is 3.85. The third-order valence-corrected chi connectivity index (χ3v) is 2.94. The van der Waals surface area contributed by atoms with E-state index in [0.717, 1.165) is 37.4 Å². The van der Waals surface area contributed by atoms with Gasteiger partial charge in [-0.2, -0.15) is 0 Å². The molecule has 5 nitrogen and oxygen atoms in total. The van der Waals surface area contributed by atoms with Crippen molar-refractivity contribution < 1.29 is 0 Å². The minimum Gasteiger partial charge on any atom is -0.339 e. The minimum absolute atomic E-state index is 0.420. The zero-order valence-corrected chi connectivity index (χ0v) is 11.5. The number of hydrogen-bond acceptors (Lipinski definition) is 4. The summed E-state index contributed by atoms with van der Waals surface area (Å²) in [7, 11) is 1.73. The number of nitrogens with one attached hydrogen (secondary N) is 2. The standard InChI is InChI=1S/C13H23N5/c1-5-10(7-8-16-6-2)12-17-11(9-14-3)13(15-4)18-12/h9-10,16H,4-8H2,1-3H3,(H,17,18). The Bertz CT molecular complexity index is 394. The Morgan fingerprint density at radius 3 is 2.83 bits per heavy atom. The van der Waals surface area contributed by atoms with Gasteiger partial charge < -0.3 is 10.3 Å². The Morgan fingerprint density at radius 1 is 1.50 bits per heavy atom. The van der Waals surface area contributed by atoms with Crippen molar-refractivity contribution in [3.05, 3.63) is 11.5 Å². The Hall–Kier alpha value is -1.49. The zero-order valence-electron chi connectivity index (χ0n) is 11.5. The number of nitrogens with zero attached hydrogens (tertiary/aromatic N) is 3. The van der Waals surface area contributed by atoms with Crippen molar-refractivity contribution in [2.24, 2.45) is 9.98 Å². The highest BCUT2D eigenvalue weighted by Gasteiger charge is 2.15. The van der Waals surface area contributed by atoms with Crippen molar-refractivity contribution in [3.8, 4) is 0 Å². The molecule has 0 aliphatic heterocycles. The van der Waals surface area contributed by atoms with E-state index in [1.807, 2.05) is 0 Å². The highest BCUT2D eigenvalue weighted by atomic mass is 15.0. The van der Waals surface area contributed by atoms with Crippen molar-refractivity contribution >= 4 is 18.7 Å². The third-order valence-electron chi connectivity index (χ3n) is 2.94. The van der Waals surface area contributed by atoms with E-state index in [9.17, 15) is 0 Å². The van der Waals surface area contributed by atoms with Gasteiger partial charge in [0.25, 0.3) is 0 Å². The molecule has 0 spiro atoms. The first kappa shape index (κ1) is 14.6. The lowest BCUT2D eigenvalue weighted by Crippen LogP contribution is -2.17. The molecule has 1 heterocycles. The van der Waals surface area contributed by atoms with E-state index in [1.165, 1.54) is 0 Å². The Morgan fingerprint density at radius 2 is 2.28 bits per heavy atom. The predicted octanol–water partition coefficient (Wildman–Crippen LogP) is 2.28. The predicted molar refractivity (Wildman–Crippen MR) is 77.5 cm³/mol. The molecule has 0 radical (unpaired) electrons. The molecule has 0 bridgehead atoms. The molecule has 0 saturated carbocycles. The molecule has 1 unspecified atom stereocenters.